The zero-order valence-corrected chi connectivity index (χ0v) is 10.9. The lowest BCUT2D eigenvalue weighted by atomic mass is 10.2. The second kappa shape index (κ2) is 6.80. The molecule has 1 unspecified atom stereocenters. The van der Waals surface area contributed by atoms with Gasteiger partial charge in [-0.3, -0.25) is 10.1 Å². The molecule has 1 atom stereocenters. The first-order valence-corrected chi connectivity index (χ1v) is 5.88. The van der Waals surface area contributed by atoms with Crippen molar-refractivity contribution in [1.29, 1.82) is 0 Å². The first-order valence-electron chi connectivity index (χ1n) is 5.88. The highest BCUT2D eigenvalue weighted by Crippen LogP contribution is 2.24. The van der Waals surface area contributed by atoms with Crippen LogP contribution in [0.5, 0.6) is 0 Å². The predicted octanol–water partition coefficient (Wildman–Crippen LogP) is 2.47. The van der Waals surface area contributed by atoms with Crippen LogP contribution in [-0.2, 0) is 4.74 Å². The fourth-order valence-electron chi connectivity index (χ4n) is 1.57. The molecule has 0 aliphatic heterocycles. The lowest BCUT2D eigenvalue weighted by Gasteiger charge is -2.15. The molecule has 0 saturated heterocycles. The number of nitro groups is 1. The van der Waals surface area contributed by atoms with Crippen molar-refractivity contribution >= 4 is 17.1 Å². The van der Waals surface area contributed by atoms with Crippen molar-refractivity contribution in [2.24, 2.45) is 0 Å². The van der Waals surface area contributed by atoms with E-state index in [-0.39, 0.29) is 11.7 Å². The molecule has 0 spiro atoms. The van der Waals surface area contributed by atoms with Crippen LogP contribution in [0.4, 0.5) is 17.1 Å². The smallest absolute Gasteiger partial charge is 0.273 e. The monoisotopic (exact) mass is 253 g/mol. The molecule has 0 saturated carbocycles. The number of anilines is 2. The van der Waals surface area contributed by atoms with Gasteiger partial charge >= 0.3 is 0 Å². The summed E-state index contributed by atoms with van der Waals surface area (Å²) in [6.07, 6.45) is 0. The first-order chi connectivity index (χ1) is 8.56. The maximum atomic E-state index is 10.8. The number of ether oxygens (including phenoxy) is 1. The van der Waals surface area contributed by atoms with Gasteiger partial charge in [-0.1, -0.05) is 0 Å². The molecule has 0 fully saturated rings. The average molecular weight is 253 g/mol. The number of nitrogens with zero attached hydrogens (tertiary/aromatic N) is 1. The molecular weight excluding hydrogens is 234 g/mol. The minimum atomic E-state index is -0.404. The van der Waals surface area contributed by atoms with Crippen molar-refractivity contribution in [2.45, 2.75) is 19.9 Å². The summed E-state index contributed by atoms with van der Waals surface area (Å²) in [5.41, 5.74) is 1.48. The summed E-state index contributed by atoms with van der Waals surface area (Å²) in [4.78, 5) is 10.4. The highest BCUT2D eigenvalue weighted by molar-refractivity contribution is 5.63. The Labute approximate surface area is 106 Å². The van der Waals surface area contributed by atoms with Crippen LogP contribution in [-0.4, -0.2) is 31.2 Å². The van der Waals surface area contributed by atoms with E-state index < -0.39 is 4.92 Å². The van der Waals surface area contributed by atoms with Crippen LogP contribution in [0.1, 0.15) is 13.8 Å². The van der Waals surface area contributed by atoms with Crippen LogP contribution in [0.25, 0.3) is 0 Å². The second-order valence-corrected chi connectivity index (χ2v) is 3.98. The Morgan fingerprint density at radius 2 is 2.06 bits per heavy atom. The van der Waals surface area contributed by atoms with E-state index in [4.69, 9.17) is 4.74 Å². The molecular formula is C12H19N3O3. The van der Waals surface area contributed by atoms with Crippen LogP contribution in [0.3, 0.4) is 0 Å². The number of hydrogen-bond acceptors (Lipinski definition) is 5. The molecule has 1 aromatic rings. The maximum Gasteiger partial charge on any atom is 0.273 e. The molecule has 1 rings (SSSR count). The maximum absolute atomic E-state index is 10.8. The molecule has 0 heterocycles. The number of non-ortho nitro benzene ring substituents is 1. The fourth-order valence-corrected chi connectivity index (χ4v) is 1.57. The van der Waals surface area contributed by atoms with Crippen LogP contribution < -0.4 is 10.6 Å². The molecule has 0 aromatic heterocycles. The number of benzene rings is 1. The van der Waals surface area contributed by atoms with Crippen LogP contribution in [0.2, 0.25) is 0 Å². The summed E-state index contributed by atoms with van der Waals surface area (Å²) in [6, 6.07) is 4.94. The van der Waals surface area contributed by atoms with E-state index in [1.54, 1.807) is 7.05 Å². The van der Waals surface area contributed by atoms with Crippen molar-refractivity contribution in [2.75, 3.05) is 30.9 Å². The Bertz CT molecular complexity index is 410. The minimum Gasteiger partial charge on any atom is -0.388 e. The zero-order valence-electron chi connectivity index (χ0n) is 10.9. The van der Waals surface area contributed by atoms with Gasteiger partial charge in [0.15, 0.2) is 0 Å². The summed E-state index contributed by atoms with van der Waals surface area (Å²) < 4.78 is 5.29. The van der Waals surface area contributed by atoms with Gasteiger partial charge in [-0.15, -0.1) is 0 Å². The van der Waals surface area contributed by atoms with Gasteiger partial charge in [0, 0.05) is 43.2 Å². The fraction of sp³-hybridized carbons (Fsp3) is 0.500. The van der Waals surface area contributed by atoms with Gasteiger partial charge < -0.3 is 15.4 Å². The Balaban J connectivity index is 2.81. The van der Waals surface area contributed by atoms with E-state index in [0.717, 1.165) is 0 Å². The van der Waals surface area contributed by atoms with E-state index in [1.165, 1.54) is 12.1 Å². The third-order valence-electron chi connectivity index (χ3n) is 2.40. The second-order valence-electron chi connectivity index (χ2n) is 3.98. The lowest BCUT2D eigenvalue weighted by molar-refractivity contribution is -0.384. The van der Waals surface area contributed by atoms with Crippen LogP contribution in [0.15, 0.2) is 18.2 Å². The largest absolute Gasteiger partial charge is 0.388 e. The van der Waals surface area contributed by atoms with Gasteiger partial charge in [0.05, 0.1) is 11.5 Å². The molecule has 0 aliphatic carbocycles. The quantitative estimate of drug-likeness (QED) is 0.576. The summed E-state index contributed by atoms with van der Waals surface area (Å²) in [7, 11) is 1.73. The van der Waals surface area contributed by atoms with Gasteiger partial charge in [0.25, 0.3) is 5.69 Å². The summed E-state index contributed by atoms with van der Waals surface area (Å²) in [5, 5.41) is 16.9. The van der Waals surface area contributed by atoms with Gasteiger partial charge in [0.2, 0.25) is 0 Å². The summed E-state index contributed by atoms with van der Waals surface area (Å²) >= 11 is 0. The van der Waals surface area contributed by atoms with Gasteiger partial charge in [-0.05, 0) is 19.9 Å². The summed E-state index contributed by atoms with van der Waals surface area (Å²) in [5.74, 6) is 0. The third kappa shape index (κ3) is 4.21. The predicted molar refractivity (Wildman–Crippen MR) is 72.2 cm³/mol. The van der Waals surface area contributed by atoms with Gasteiger partial charge in [-0.2, -0.15) is 0 Å². The van der Waals surface area contributed by atoms with E-state index in [2.05, 4.69) is 10.6 Å². The molecule has 6 nitrogen and oxygen atoms in total. The molecule has 0 aliphatic rings. The van der Waals surface area contributed by atoms with Crippen molar-refractivity contribution in [3.05, 3.63) is 28.3 Å². The van der Waals surface area contributed by atoms with Crippen molar-refractivity contribution < 1.29 is 9.66 Å². The Morgan fingerprint density at radius 1 is 1.39 bits per heavy atom. The molecule has 18 heavy (non-hydrogen) atoms. The molecule has 100 valence electrons. The molecule has 1 aromatic carbocycles. The molecule has 0 amide bonds. The standard InChI is InChI=1S/C12H19N3O3/c1-4-18-8-9(2)14-11-5-10(13-3)6-12(7-11)15(16)17/h5-7,9,13-14H,4,8H2,1-3H3. The van der Waals surface area contributed by atoms with Crippen molar-refractivity contribution in [1.82, 2.24) is 0 Å². The molecule has 6 heteroatoms. The SMILES string of the molecule is CCOCC(C)Nc1cc(NC)cc([N+](=O)[O-])c1. The van der Waals surface area contributed by atoms with Crippen LogP contribution in [0, 0.1) is 10.1 Å². The number of nitrogens with one attached hydrogen (secondary N) is 2. The minimum absolute atomic E-state index is 0.0629. The normalized spacial score (nSPS) is 11.9. The highest BCUT2D eigenvalue weighted by atomic mass is 16.6. The van der Waals surface area contributed by atoms with Gasteiger partial charge in [0.1, 0.15) is 0 Å². The zero-order chi connectivity index (χ0) is 13.5. The number of nitro benzene ring substituents is 1. The molecule has 0 bridgehead atoms. The number of rotatable bonds is 7. The van der Waals surface area contributed by atoms with Gasteiger partial charge in [-0.25, -0.2) is 0 Å². The Morgan fingerprint density at radius 3 is 2.61 bits per heavy atom. The third-order valence-corrected chi connectivity index (χ3v) is 2.40. The highest BCUT2D eigenvalue weighted by Gasteiger charge is 2.10. The van der Waals surface area contributed by atoms with E-state index in [0.29, 0.717) is 24.6 Å². The first kappa shape index (κ1) is 14.2. The Kier molecular flexibility index (Phi) is 5.38. The summed E-state index contributed by atoms with van der Waals surface area (Å²) in [6.45, 7) is 5.11. The van der Waals surface area contributed by atoms with E-state index in [9.17, 15) is 10.1 Å². The number of hydrogen-bond donors (Lipinski definition) is 2. The Hall–Kier alpha value is -1.82. The van der Waals surface area contributed by atoms with Crippen LogP contribution >= 0.6 is 0 Å². The van der Waals surface area contributed by atoms with E-state index >= 15 is 0 Å². The molecule has 0 radical (unpaired) electrons. The van der Waals surface area contributed by atoms with Crippen molar-refractivity contribution in [3.8, 4) is 0 Å². The average Bonchev–Trinajstić information content (AvgIpc) is 2.35. The topological polar surface area (TPSA) is 76.4 Å². The van der Waals surface area contributed by atoms with Crippen molar-refractivity contribution in [3.63, 3.8) is 0 Å². The lowest BCUT2D eigenvalue weighted by Crippen LogP contribution is -2.21. The van der Waals surface area contributed by atoms with E-state index in [1.807, 2.05) is 19.9 Å². The molecule has 2 N–H and O–H groups in total.